The Morgan fingerprint density at radius 3 is 2.41 bits per heavy atom. The molecule has 1 aliphatic heterocycles. The van der Waals surface area contributed by atoms with Gasteiger partial charge in [-0.15, -0.1) is 0 Å². The second kappa shape index (κ2) is 9.63. The summed E-state index contributed by atoms with van der Waals surface area (Å²) in [5, 5.41) is 3.52. The van der Waals surface area contributed by atoms with Crippen LogP contribution in [0.2, 0.25) is 5.02 Å². The van der Waals surface area contributed by atoms with Crippen LogP contribution in [0.15, 0.2) is 48.5 Å². The maximum absolute atomic E-state index is 12.8. The van der Waals surface area contributed by atoms with E-state index in [1.165, 1.54) is 24.3 Å². The molecule has 32 heavy (non-hydrogen) atoms. The number of hydrogen-bond acceptors (Lipinski definition) is 6. The Morgan fingerprint density at radius 2 is 1.78 bits per heavy atom. The van der Waals surface area contributed by atoms with Gasteiger partial charge >= 0.3 is 5.97 Å². The third-order valence-electron chi connectivity index (χ3n) is 5.47. The quantitative estimate of drug-likeness (QED) is 0.369. The maximum Gasteiger partial charge on any atom is 0.338 e. The van der Waals surface area contributed by atoms with E-state index in [9.17, 15) is 19.2 Å². The minimum Gasteiger partial charge on any atom is -0.454 e. The van der Waals surface area contributed by atoms with Crippen molar-refractivity contribution in [2.75, 3.05) is 11.5 Å². The first kappa shape index (κ1) is 23.6. The summed E-state index contributed by atoms with van der Waals surface area (Å²) in [5.74, 6) is -1.74. The van der Waals surface area contributed by atoms with Gasteiger partial charge in [-0.05, 0) is 56.7 Å². The first-order valence-electron chi connectivity index (χ1n) is 10.3. The van der Waals surface area contributed by atoms with Gasteiger partial charge < -0.3 is 10.1 Å². The summed E-state index contributed by atoms with van der Waals surface area (Å²) in [5.41, 5.74) is 0.577. The third kappa shape index (κ3) is 5.23. The van der Waals surface area contributed by atoms with E-state index >= 15 is 0 Å². The number of nitrogens with one attached hydrogen (secondary N) is 1. The predicted octanol–water partition coefficient (Wildman–Crippen LogP) is 3.79. The molecule has 0 spiro atoms. The Hall–Kier alpha value is -3.03. The molecule has 1 fully saturated rings. The van der Waals surface area contributed by atoms with Crippen LogP contribution < -0.4 is 10.2 Å². The van der Waals surface area contributed by atoms with Gasteiger partial charge in [-0.3, -0.25) is 14.4 Å². The number of halogens is 1. The van der Waals surface area contributed by atoms with Gasteiger partial charge in [-0.2, -0.15) is 0 Å². The van der Waals surface area contributed by atoms with Gasteiger partial charge in [0.25, 0.3) is 5.91 Å². The summed E-state index contributed by atoms with van der Waals surface area (Å²) in [6.07, 6.45) is 0.886. The molecule has 1 unspecified atom stereocenters. The SMILES string of the molecule is CCC(C)(C)NC1CC(=O)N(c2ccc(C(=O)OCC(=O)c3ccccc3Cl)cc2)C1=O. The minimum atomic E-state index is -0.694. The van der Waals surface area contributed by atoms with Gasteiger partial charge in [-0.1, -0.05) is 30.7 Å². The average molecular weight is 457 g/mol. The highest BCUT2D eigenvalue weighted by Crippen LogP contribution is 2.25. The van der Waals surface area contributed by atoms with Crippen LogP contribution in [0.5, 0.6) is 0 Å². The van der Waals surface area contributed by atoms with E-state index in [0.29, 0.717) is 5.69 Å². The van der Waals surface area contributed by atoms with E-state index in [1.54, 1.807) is 24.3 Å². The molecule has 1 N–H and O–H groups in total. The predicted molar refractivity (Wildman–Crippen MR) is 121 cm³/mol. The van der Waals surface area contributed by atoms with Gasteiger partial charge in [0.05, 0.1) is 28.7 Å². The van der Waals surface area contributed by atoms with E-state index in [2.05, 4.69) is 5.32 Å². The van der Waals surface area contributed by atoms with Crippen LogP contribution in [0.3, 0.4) is 0 Å². The number of Topliss-reactive ketones (excluding diaryl/α,β-unsaturated/α-hetero) is 1. The molecule has 0 aliphatic carbocycles. The zero-order chi connectivity index (χ0) is 23.5. The highest BCUT2D eigenvalue weighted by molar-refractivity contribution is 6.34. The zero-order valence-corrected chi connectivity index (χ0v) is 18.9. The largest absolute Gasteiger partial charge is 0.454 e. The van der Waals surface area contributed by atoms with E-state index in [-0.39, 0.29) is 39.9 Å². The summed E-state index contributed by atoms with van der Waals surface area (Å²) in [6, 6.07) is 11.9. The molecule has 1 aliphatic rings. The smallest absolute Gasteiger partial charge is 0.338 e. The molecule has 1 heterocycles. The third-order valence-corrected chi connectivity index (χ3v) is 5.79. The maximum atomic E-state index is 12.8. The van der Waals surface area contributed by atoms with E-state index < -0.39 is 24.4 Å². The Balaban J connectivity index is 1.64. The van der Waals surface area contributed by atoms with Crippen LogP contribution in [0, 0.1) is 0 Å². The summed E-state index contributed by atoms with van der Waals surface area (Å²) in [7, 11) is 0. The topological polar surface area (TPSA) is 92.8 Å². The molecule has 7 nitrogen and oxygen atoms in total. The number of benzene rings is 2. The zero-order valence-electron chi connectivity index (χ0n) is 18.2. The van der Waals surface area contributed by atoms with Crippen LogP contribution in [0.25, 0.3) is 0 Å². The molecule has 2 aromatic carbocycles. The van der Waals surface area contributed by atoms with Crippen LogP contribution in [-0.2, 0) is 14.3 Å². The number of hydrogen-bond donors (Lipinski definition) is 1. The van der Waals surface area contributed by atoms with Gasteiger partial charge in [0, 0.05) is 11.1 Å². The lowest BCUT2D eigenvalue weighted by molar-refractivity contribution is -0.121. The fourth-order valence-corrected chi connectivity index (χ4v) is 3.56. The number of esters is 1. The molecule has 0 aromatic heterocycles. The monoisotopic (exact) mass is 456 g/mol. The molecular weight excluding hydrogens is 432 g/mol. The minimum absolute atomic E-state index is 0.0796. The second-order valence-corrected chi connectivity index (χ2v) is 8.64. The first-order valence-corrected chi connectivity index (χ1v) is 10.7. The van der Waals surface area contributed by atoms with Crippen LogP contribution in [-0.4, -0.2) is 41.8 Å². The number of imide groups is 1. The number of rotatable bonds is 8. The Morgan fingerprint density at radius 1 is 1.12 bits per heavy atom. The molecule has 1 atom stereocenters. The van der Waals surface area contributed by atoms with Gasteiger partial charge in [0.2, 0.25) is 11.7 Å². The van der Waals surface area contributed by atoms with Crippen molar-refractivity contribution >= 4 is 40.9 Å². The van der Waals surface area contributed by atoms with Crippen molar-refractivity contribution in [1.29, 1.82) is 0 Å². The molecule has 168 valence electrons. The molecular formula is C24H25ClN2O5. The van der Waals surface area contributed by atoms with E-state index in [0.717, 1.165) is 11.3 Å². The lowest BCUT2D eigenvalue weighted by atomic mass is 10.00. The number of nitrogens with zero attached hydrogens (tertiary/aromatic N) is 1. The molecule has 0 radical (unpaired) electrons. The van der Waals surface area contributed by atoms with E-state index in [1.807, 2.05) is 20.8 Å². The number of amides is 2. The van der Waals surface area contributed by atoms with Crippen LogP contribution in [0.4, 0.5) is 5.69 Å². The number of carbonyl (C=O) groups excluding carboxylic acids is 4. The molecule has 8 heteroatoms. The molecule has 3 rings (SSSR count). The first-order chi connectivity index (χ1) is 15.1. The molecule has 1 saturated heterocycles. The summed E-state index contributed by atoms with van der Waals surface area (Å²) < 4.78 is 5.09. The lowest BCUT2D eigenvalue weighted by Crippen LogP contribution is -2.49. The summed E-state index contributed by atoms with van der Waals surface area (Å²) >= 11 is 5.98. The van der Waals surface area contributed by atoms with Gasteiger partial charge in [-0.25, -0.2) is 9.69 Å². The van der Waals surface area contributed by atoms with Crippen molar-refractivity contribution in [2.45, 2.75) is 45.2 Å². The second-order valence-electron chi connectivity index (χ2n) is 8.23. The molecule has 2 amide bonds. The van der Waals surface area contributed by atoms with Crippen molar-refractivity contribution in [3.63, 3.8) is 0 Å². The highest BCUT2D eigenvalue weighted by Gasteiger charge is 2.41. The fraction of sp³-hybridized carbons (Fsp3) is 0.333. The average Bonchev–Trinajstić information content (AvgIpc) is 3.04. The van der Waals surface area contributed by atoms with Crippen LogP contribution >= 0.6 is 11.6 Å². The molecule has 0 bridgehead atoms. The van der Waals surface area contributed by atoms with Crippen molar-refractivity contribution < 1.29 is 23.9 Å². The molecule has 2 aromatic rings. The van der Waals surface area contributed by atoms with Gasteiger partial charge in [0.15, 0.2) is 6.61 Å². The Kier molecular flexibility index (Phi) is 7.11. The van der Waals surface area contributed by atoms with Crippen molar-refractivity contribution in [1.82, 2.24) is 5.32 Å². The van der Waals surface area contributed by atoms with Crippen LogP contribution in [0.1, 0.15) is 54.3 Å². The number of anilines is 1. The van der Waals surface area contributed by atoms with Crippen molar-refractivity contribution in [3.05, 3.63) is 64.7 Å². The normalized spacial score (nSPS) is 16.4. The van der Waals surface area contributed by atoms with Crippen molar-refractivity contribution in [2.24, 2.45) is 0 Å². The molecule has 0 saturated carbocycles. The highest BCUT2D eigenvalue weighted by atomic mass is 35.5. The fourth-order valence-electron chi connectivity index (χ4n) is 3.32. The number of carbonyl (C=O) groups is 4. The summed E-state index contributed by atoms with van der Waals surface area (Å²) in [4.78, 5) is 50.9. The Bertz CT molecular complexity index is 1050. The van der Waals surface area contributed by atoms with E-state index in [4.69, 9.17) is 16.3 Å². The van der Waals surface area contributed by atoms with Crippen molar-refractivity contribution in [3.8, 4) is 0 Å². The van der Waals surface area contributed by atoms with Gasteiger partial charge in [0.1, 0.15) is 0 Å². The number of ketones is 1. The summed E-state index contributed by atoms with van der Waals surface area (Å²) in [6.45, 7) is 5.51. The standard InChI is InChI=1S/C24H25ClN2O5/c1-4-24(2,3)26-19-13-21(29)27(22(19)30)16-11-9-15(10-12-16)23(31)32-14-20(28)17-7-5-6-8-18(17)25/h5-12,19,26H,4,13-14H2,1-3H3. The lowest BCUT2D eigenvalue weighted by Gasteiger charge is -2.27. The number of ether oxygens (including phenoxy) is 1. The Labute approximate surface area is 191 Å².